The average Bonchev–Trinajstić information content (AvgIpc) is 3.22. The highest BCUT2D eigenvalue weighted by molar-refractivity contribution is 5.77. The van der Waals surface area contributed by atoms with Crippen molar-refractivity contribution in [3.63, 3.8) is 0 Å². The van der Waals surface area contributed by atoms with Crippen LogP contribution in [0.25, 0.3) is 0 Å². The molecule has 28 heavy (non-hydrogen) atoms. The molecule has 1 aliphatic heterocycles. The van der Waals surface area contributed by atoms with Crippen LogP contribution in [0.3, 0.4) is 0 Å². The lowest BCUT2D eigenvalue weighted by atomic mass is 9.98. The Morgan fingerprint density at radius 1 is 1.14 bits per heavy atom. The number of allylic oxidation sites excluding steroid dienone is 2. The number of esters is 1. The van der Waals surface area contributed by atoms with Crippen LogP contribution in [0.5, 0.6) is 5.75 Å². The Balaban J connectivity index is 1.73. The third-order valence-corrected chi connectivity index (χ3v) is 4.39. The second kappa shape index (κ2) is 8.48. The maximum atomic E-state index is 12.2. The summed E-state index contributed by atoms with van der Waals surface area (Å²) in [5.41, 5.74) is -0.148. The van der Waals surface area contributed by atoms with Crippen LogP contribution in [-0.2, 0) is 14.3 Å². The summed E-state index contributed by atoms with van der Waals surface area (Å²) in [6.07, 6.45) is -0.470. The number of rotatable bonds is 6. The Bertz CT molecular complexity index is 764. The van der Waals surface area contributed by atoms with Gasteiger partial charge in [-0.05, 0) is 12.1 Å². The molecule has 0 aromatic heterocycles. The van der Waals surface area contributed by atoms with Crippen LogP contribution in [0.2, 0.25) is 0 Å². The van der Waals surface area contributed by atoms with Crippen molar-refractivity contribution in [3.05, 3.63) is 58.7 Å². The molecule has 1 aliphatic carbocycles. The molecule has 5 atom stereocenters. The lowest BCUT2D eigenvalue weighted by Crippen LogP contribution is -2.61. The van der Waals surface area contributed by atoms with Gasteiger partial charge in [-0.25, -0.2) is 0 Å². The van der Waals surface area contributed by atoms with Gasteiger partial charge in [-0.3, -0.25) is 14.9 Å². The maximum Gasteiger partial charge on any atom is 0.317 e. The Morgan fingerprint density at radius 2 is 1.79 bits per heavy atom. The number of benzene rings is 1. The molecule has 0 radical (unpaired) electrons. The van der Waals surface area contributed by atoms with Gasteiger partial charge in [0.2, 0.25) is 6.29 Å². The predicted molar refractivity (Wildman–Crippen MR) is 93.1 cm³/mol. The van der Waals surface area contributed by atoms with Crippen LogP contribution in [0.1, 0.15) is 0 Å². The van der Waals surface area contributed by atoms with E-state index >= 15 is 0 Å². The van der Waals surface area contributed by atoms with Gasteiger partial charge in [0.1, 0.15) is 18.0 Å². The first-order valence-electron chi connectivity index (χ1n) is 8.49. The van der Waals surface area contributed by atoms with Crippen LogP contribution >= 0.6 is 0 Å². The van der Waals surface area contributed by atoms with Gasteiger partial charge in [0.05, 0.1) is 17.4 Å². The van der Waals surface area contributed by atoms with Gasteiger partial charge in [0.25, 0.3) is 5.69 Å². The van der Waals surface area contributed by atoms with Crippen LogP contribution in [0.4, 0.5) is 5.69 Å². The normalized spacial score (nSPS) is 29.6. The summed E-state index contributed by atoms with van der Waals surface area (Å²) in [5.74, 6) is -1.17. The molecule has 0 spiro atoms. The van der Waals surface area contributed by atoms with Crippen molar-refractivity contribution < 1.29 is 39.2 Å². The Morgan fingerprint density at radius 3 is 2.36 bits per heavy atom. The van der Waals surface area contributed by atoms with E-state index in [0.717, 1.165) is 0 Å². The number of hydrogen-bond donors (Lipinski definition) is 3. The highest BCUT2D eigenvalue weighted by atomic mass is 16.7. The summed E-state index contributed by atoms with van der Waals surface area (Å²) in [7, 11) is 0. The average molecular weight is 393 g/mol. The largest absolute Gasteiger partial charge is 0.462 e. The fraction of sp³-hybridized carbons (Fsp3) is 0.389. The van der Waals surface area contributed by atoms with Crippen LogP contribution in [0.15, 0.2) is 48.6 Å². The molecule has 150 valence electrons. The van der Waals surface area contributed by atoms with E-state index in [4.69, 9.17) is 14.2 Å². The summed E-state index contributed by atoms with van der Waals surface area (Å²) in [4.78, 5) is 22.4. The van der Waals surface area contributed by atoms with Crippen molar-refractivity contribution in [2.75, 3.05) is 6.61 Å². The molecule has 1 aromatic rings. The van der Waals surface area contributed by atoms with Crippen molar-refractivity contribution in [2.45, 2.75) is 30.7 Å². The van der Waals surface area contributed by atoms with Gasteiger partial charge in [0, 0.05) is 12.1 Å². The molecule has 0 bridgehead atoms. The minimum absolute atomic E-state index is 0.148. The van der Waals surface area contributed by atoms with E-state index in [-0.39, 0.29) is 11.4 Å². The molecule has 1 heterocycles. The van der Waals surface area contributed by atoms with Gasteiger partial charge >= 0.3 is 5.97 Å². The Kier molecular flexibility index (Phi) is 6.05. The number of aliphatic hydroxyl groups excluding tert-OH is 3. The van der Waals surface area contributed by atoms with Crippen LogP contribution in [0, 0.1) is 16.0 Å². The smallest absolute Gasteiger partial charge is 0.317 e. The highest BCUT2D eigenvalue weighted by Crippen LogP contribution is 2.28. The van der Waals surface area contributed by atoms with E-state index in [1.54, 1.807) is 24.3 Å². The summed E-state index contributed by atoms with van der Waals surface area (Å²) in [5, 5.41) is 40.9. The monoisotopic (exact) mass is 393 g/mol. The minimum atomic E-state index is -1.56. The van der Waals surface area contributed by atoms with Crippen molar-refractivity contribution in [1.82, 2.24) is 0 Å². The molecule has 10 nitrogen and oxygen atoms in total. The van der Waals surface area contributed by atoms with E-state index in [1.165, 1.54) is 24.3 Å². The first kappa shape index (κ1) is 20.0. The van der Waals surface area contributed by atoms with Crippen molar-refractivity contribution in [3.8, 4) is 5.75 Å². The van der Waals surface area contributed by atoms with Crippen molar-refractivity contribution >= 4 is 11.7 Å². The molecule has 1 aromatic carbocycles. The topological polar surface area (TPSA) is 149 Å². The van der Waals surface area contributed by atoms with E-state index in [2.05, 4.69) is 0 Å². The molecule has 3 rings (SSSR count). The molecule has 0 amide bonds. The van der Waals surface area contributed by atoms with Gasteiger partial charge in [0.15, 0.2) is 12.2 Å². The van der Waals surface area contributed by atoms with Crippen molar-refractivity contribution in [1.29, 1.82) is 0 Å². The second-order valence-corrected chi connectivity index (χ2v) is 6.27. The van der Waals surface area contributed by atoms with Crippen molar-refractivity contribution in [2.24, 2.45) is 5.92 Å². The van der Waals surface area contributed by atoms with Gasteiger partial charge < -0.3 is 29.5 Å². The van der Waals surface area contributed by atoms with E-state index in [1.807, 2.05) is 0 Å². The SMILES string of the molecule is O=C(O[C@@H]1[C@@H](O)[C@H](Oc2ccc([N+](=O)[O-])cc2)O[C@H](CO)[C@H]1O)C1C=CC=C1. The molecular formula is C18H19NO9. The fourth-order valence-corrected chi connectivity index (χ4v) is 2.87. The molecule has 1 saturated heterocycles. The lowest BCUT2D eigenvalue weighted by molar-refractivity contribution is -0.384. The van der Waals surface area contributed by atoms with E-state index in [9.17, 15) is 30.2 Å². The maximum absolute atomic E-state index is 12.2. The van der Waals surface area contributed by atoms with Gasteiger partial charge in [-0.2, -0.15) is 0 Å². The summed E-state index contributed by atoms with van der Waals surface area (Å²) in [6.45, 7) is -0.606. The van der Waals surface area contributed by atoms with E-state index in [0.29, 0.717) is 0 Å². The number of nitrogens with zero attached hydrogens (tertiary/aromatic N) is 1. The molecule has 3 N–H and O–H groups in total. The quantitative estimate of drug-likeness (QED) is 0.347. The first-order chi connectivity index (χ1) is 13.4. The standard InChI is InChI=1S/C18H19NO9/c20-9-13-14(21)16(28-17(23)10-3-1-2-4-10)15(22)18(27-13)26-12-7-5-11(6-8-12)19(24)25/h1-8,10,13-16,18,20-22H,9H2/t13-,14-,15-,16+,18-/m1/s1. The lowest BCUT2D eigenvalue weighted by Gasteiger charge is -2.41. The molecule has 0 saturated carbocycles. The van der Waals surface area contributed by atoms with E-state index < -0.39 is 54.1 Å². The number of nitro benzene ring substituents is 1. The Hall–Kier alpha value is -2.79. The minimum Gasteiger partial charge on any atom is -0.462 e. The molecule has 0 unspecified atom stereocenters. The molecule has 1 fully saturated rings. The van der Waals surface area contributed by atoms with Crippen LogP contribution in [-0.4, -0.2) is 63.5 Å². The Labute approximate surface area is 159 Å². The number of carbonyl (C=O) groups is 1. The third kappa shape index (κ3) is 4.20. The summed E-state index contributed by atoms with van der Waals surface area (Å²) in [6, 6.07) is 5.03. The molecule has 10 heteroatoms. The number of non-ortho nitro benzene ring substituents is 1. The number of hydrogen-bond acceptors (Lipinski definition) is 9. The molecule has 2 aliphatic rings. The fourth-order valence-electron chi connectivity index (χ4n) is 2.87. The molecular weight excluding hydrogens is 374 g/mol. The van der Waals surface area contributed by atoms with Gasteiger partial charge in [-0.15, -0.1) is 0 Å². The predicted octanol–water partition coefficient (Wildman–Crippen LogP) is 0.0666. The second-order valence-electron chi connectivity index (χ2n) is 6.27. The number of carbonyl (C=O) groups excluding carboxylic acids is 1. The number of nitro groups is 1. The summed E-state index contributed by atoms with van der Waals surface area (Å²) < 4.78 is 16.1. The number of aliphatic hydroxyl groups is 3. The zero-order valence-electron chi connectivity index (χ0n) is 14.5. The number of ether oxygens (including phenoxy) is 3. The third-order valence-electron chi connectivity index (χ3n) is 4.39. The summed E-state index contributed by atoms with van der Waals surface area (Å²) >= 11 is 0. The zero-order valence-corrected chi connectivity index (χ0v) is 14.5. The highest BCUT2D eigenvalue weighted by Gasteiger charge is 2.48. The van der Waals surface area contributed by atoms with Crippen LogP contribution < -0.4 is 4.74 Å². The zero-order chi connectivity index (χ0) is 20.3. The first-order valence-corrected chi connectivity index (χ1v) is 8.49. The van der Waals surface area contributed by atoms with Gasteiger partial charge in [-0.1, -0.05) is 24.3 Å².